The smallest absolute Gasteiger partial charge is 0.167 e. The van der Waals surface area contributed by atoms with E-state index in [0.717, 1.165) is 24.2 Å². The average Bonchev–Trinajstić information content (AvgIpc) is 2.75. The summed E-state index contributed by atoms with van der Waals surface area (Å²) in [6.07, 6.45) is 4.65. The molecule has 0 unspecified atom stereocenters. The van der Waals surface area contributed by atoms with Crippen molar-refractivity contribution in [2.45, 2.75) is 6.42 Å². The molecule has 0 spiro atoms. The second kappa shape index (κ2) is 5.53. The van der Waals surface area contributed by atoms with Crippen molar-refractivity contribution in [1.29, 1.82) is 0 Å². The quantitative estimate of drug-likeness (QED) is 0.883. The van der Waals surface area contributed by atoms with Gasteiger partial charge in [-0.25, -0.2) is 4.39 Å². The highest BCUT2D eigenvalue weighted by Gasteiger charge is 2.03. The van der Waals surface area contributed by atoms with E-state index in [0.29, 0.717) is 0 Å². The normalized spacial score (nSPS) is 10.4. The fourth-order valence-electron chi connectivity index (χ4n) is 1.73. The Morgan fingerprint density at radius 2 is 2.28 bits per heavy atom. The predicted octanol–water partition coefficient (Wildman–Crippen LogP) is 2.22. The number of anilines is 1. The number of nitrogens with one attached hydrogen (secondary N) is 1. The van der Waals surface area contributed by atoms with Gasteiger partial charge in [0.2, 0.25) is 0 Å². The molecule has 0 saturated heterocycles. The summed E-state index contributed by atoms with van der Waals surface area (Å²) in [6, 6.07) is 4.84. The summed E-state index contributed by atoms with van der Waals surface area (Å²) in [5.74, 6) is -0.100. The van der Waals surface area contributed by atoms with Crippen LogP contribution in [0.25, 0.3) is 0 Å². The van der Waals surface area contributed by atoms with Gasteiger partial charge in [-0.1, -0.05) is 0 Å². The molecule has 1 aromatic carbocycles. The van der Waals surface area contributed by atoms with Crippen molar-refractivity contribution in [3.8, 4) is 5.75 Å². The molecule has 0 amide bonds. The second-order valence-electron chi connectivity index (χ2n) is 4.05. The minimum absolute atomic E-state index is 0.257. The van der Waals surface area contributed by atoms with E-state index in [1.807, 2.05) is 19.4 Å². The third-order valence-electron chi connectivity index (χ3n) is 2.65. The van der Waals surface area contributed by atoms with Gasteiger partial charge in [-0.15, -0.1) is 0 Å². The number of benzene rings is 1. The third kappa shape index (κ3) is 3.00. The molecular weight excluding hydrogens is 233 g/mol. The van der Waals surface area contributed by atoms with Crippen molar-refractivity contribution >= 4 is 5.69 Å². The van der Waals surface area contributed by atoms with Gasteiger partial charge < -0.3 is 10.1 Å². The number of nitrogens with zero attached hydrogens (tertiary/aromatic N) is 2. The molecule has 0 aliphatic heterocycles. The molecular formula is C13H16FN3O. The van der Waals surface area contributed by atoms with E-state index in [2.05, 4.69) is 10.4 Å². The number of aromatic nitrogens is 2. The molecule has 0 aliphatic rings. The molecule has 0 bridgehead atoms. The maximum Gasteiger partial charge on any atom is 0.167 e. The van der Waals surface area contributed by atoms with Gasteiger partial charge in [0.15, 0.2) is 11.6 Å². The van der Waals surface area contributed by atoms with Gasteiger partial charge in [-0.3, -0.25) is 4.68 Å². The van der Waals surface area contributed by atoms with E-state index in [-0.39, 0.29) is 11.6 Å². The summed E-state index contributed by atoms with van der Waals surface area (Å²) >= 11 is 0. The Morgan fingerprint density at radius 1 is 1.44 bits per heavy atom. The van der Waals surface area contributed by atoms with Crippen molar-refractivity contribution < 1.29 is 9.13 Å². The lowest BCUT2D eigenvalue weighted by Crippen LogP contribution is -2.04. The monoisotopic (exact) mass is 249 g/mol. The van der Waals surface area contributed by atoms with Gasteiger partial charge in [-0.2, -0.15) is 5.10 Å². The minimum atomic E-state index is -0.358. The van der Waals surface area contributed by atoms with Crippen LogP contribution in [0.3, 0.4) is 0 Å². The zero-order valence-electron chi connectivity index (χ0n) is 10.5. The maximum atomic E-state index is 13.4. The lowest BCUT2D eigenvalue weighted by Gasteiger charge is -2.07. The molecule has 0 radical (unpaired) electrons. The van der Waals surface area contributed by atoms with Crippen LogP contribution in [0.1, 0.15) is 5.56 Å². The van der Waals surface area contributed by atoms with Gasteiger partial charge in [0.1, 0.15) is 0 Å². The van der Waals surface area contributed by atoms with Crippen LogP contribution >= 0.6 is 0 Å². The largest absolute Gasteiger partial charge is 0.494 e. The first-order valence-corrected chi connectivity index (χ1v) is 5.74. The number of hydrogen-bond donors (Lipinski definition) is 1. The molecule has 18 heavy (non-hydrogen) atoms. The number of aryl methyl sites for hydroxylation is 1. The van der Waals surface area contributed by atoms with Crippen LogP contribution in [0.2, 0.25) is 0 Å². The van der Waals surface area contributed by atoms with Crippen molar-refractivity contribution in [3.63, 3.8) is 0 Å². The molecule has 0 saturated carbocycles. The summed E-state index contributed by atoms with van der Waals surface area (Å²) in [7, 11) is 3.34. The molecule has 1 heterocycles. The third-order valence-corrected chi connectivity index (χ3v) is 2.65. The molecule has 2 rings (SSSR count). The van der Waals surface area contributed by atoms with Gasteiger partial charge in [-0.05, 0) is 24.1 Å². The SMILES string of the molecule is COc1ccc(NCCc2cnn(C)c2)cc1F. The molecule has 2 aromatic rings. The second-order valence-corrected chi connectivity index (χ2v) is 4.05. The number of ether oxygens (including phenoxy) is 1. The first kappa shape index (κ1) is 12.4. The summed E-state index contributed by atoms with van der Waals surface area (Å²) in [4.78, 5) is 0. The van der Waals surface area contributed by atoms with Crippen LogP contribution in [0, 0.1) is 5.82 Å². The highest BCUT2D eigenvalue weighted by Crippen LogP contribution is 2.20. The van der Waals surface area contributed by atoms with E-state index in [9.17, 15) is 4.39 Å². The maximum absolute atomic E-state index is 13.4. The van der Waals surface area contributed by atoms with Crippen LogP contribution in [-0.4, -0.2) is 23.4 Å². The minimum Gasteiger partial charge on any atom is -0.494 e. The Hall–Kier alpha value is -2.04. The van der Waals surface area contributed by atoms with Crippen LogP contribution < -0.4 is 10.1 Å². The summed E-state index contributed by atoms with van der Waals surface area (Å²) < 4.78 is 20.1. The Kier molecular flexibility index (Phi) is 3.82. The van der Waals surface area contributed by atoms with E-state index < -0.39 is 0 Å². The molecule has 0 fully saturated rings. The Labute approximate surface area is 105 Å². The lowest BCUT2D eigenvalue weighted by atomic mass is 10.2. The summed E-state index contributed by atoms with van der Waals surface area (Å²) in [5.41, 5.74) is 1.90. The van der Waals surface area contributed by atoms with Crippen LogP contribution in [-0.2, 0) is 13.5 Å². The predicted molar refractivity (Wildman–Crippen MR) is 68.4 cm³/mol. The van der Waals surface area contributed by atoms with E-state index >= 15 is 0 Å². The summed E-state index contributed by atoms with van der Waals surface area (Å²) in [6.45, 7) is 0.734. The molecule has 0 aliphatic carbocycles. The standard InChI is InChI=1S/C13H16FN3O/c1-17-9-10(8-16-17)5-6-15-11-3-4-13(18-2)12(14)7-11/h3-4,7-9,15H,5-6H2,1-2H3. The lowest BCUT2D eigenvalue weighted by molar-refractivity contribution is 0.386. The van der Waals surface area contributed by atoms with Crippen LogP contribution in [0.5, 0.6) is 5.75 Å². The molecule has 1 aromatic heterocycles. The van der Waals surface area contributed by atoms with E-state index in [1.54, 1.807) is 16.8 Å². The molecule has 4 nitrogen and oxygen atoms in total. The number of hydrogen-bond acceptors (Lipinski definition) is 3. The van der Waals surface area contributed by atoms with E-state index in [4.69, 9.17) is 4.74 Å². The molecule has 0 atom stereocenters. The zero-order chi connectivity index (χ0) is 13.0. The molecule has 5 heteroatoms. The number of rotatable bonds is 5. The first-order chi connectivity index (χ1) is 8.69. The first-order valence-electron chi connectivity index (χ1n) is 5.74. The van der Waals surface area contributed by atoms with Crippen LogP contribution in [0.15, 0.2) is 30.6 Å². The van der Waals surface area contributed by atoms with Gasteiger partial charge in [0.05, 0.1) is 13.3 Å². The fourth-order valence-corrected chi connectivity index (χ4v) is 1.73. The molecule has 1 N–H and O–H groups in total. The van der Waals surface area contributed by atoms with Crippen molar-refractivity contribution in [1.82, 2.24) is 9.78 Å². The van der Waals surface area contributed by atoms with Crippen molar-refractivity contribution in [3.05, 3.63) is 42.0 Å². The van der Waals surface area contributed by atoms with Gasteiger partial charge >= 0.3 is 0 Å². The Bertz CT molecular complexity index is 525. The molecule has 96 valence electrons. The number of methoxy groups -OCH3 is 1. The van der Waals surface area contributed by atoms with Crippen molar-refractivity contribution in [2.24, 2.45) is 7.05 Å². The van der Waals surface area contributed by atoms with Gasteiger partial charge in [0.25, 0.3) is 0 Å². The van der Waals surface area contributed by atoms with Crippen LogP contribution in [0.4, 0.5) is 10.1 Å². The Balaban J connectivity index is 1.88. The van der Waals surface area contributed by atoms with Gasteiger partial charge in [0, 0.05) is 31.5 Å². The fraction of sp³-hybridized carbons (Fsp3) is 0.308. The van der Waals surface area contributed by atoms with E-state index in [1.165, 1.54) is 13.2 Å². The summed E-state index contributed by atoms with van der Waals surface area (Å²) in [5, 5.41) is 7.25. The average molecular weight is 249 g/mol. The zero-order valence-corrected chi connectivity index (χ0v) is 10.5. The highest BCUT2D eigenvalue weighted by atomic mass is 19.1. The Morgan fingerprint density at radius 3 is 2.89 bits per heavy atom. The highest BCUT2D eigenvalue weighted by molar-refractivity contribution is 5.47. The topological polar surface area (TPSA) is 39.1 Å². The van der Waals surface area contributed by atoms with Crippen molar-refractivity contribution in [2.75, 3.05) is 19.0 Å². The number of halogens is 1.